The van der Waals surface area contributed by atoms with E-state index in [0.717, 1.165) is 38.2 Å². The molecule has 1 atom stereocenters. The average Bonchev–Trinajstić information content (AvgIpc) is 3.30. The van der Waals surface area contributed by atoms with E-state index >= 15 is 0 Å². The lowest BCUT2D eigenvalue weighted by Gasteiger charge is -2.32. The predicted molar refractivity (Wildman–Crippen MR) is 106 cm³/mol. The van der Waals surface area contributed by atoms with E-state index in [0.29, 0.717) is 12.4 Å². The van der Waals surface area contributed by atoms with Gasteiger partial charge < -0.3 is 10.2 Å². The van der Waals surface area contributed by atoms with Gasteiger partial charge in [0.15, 0.2) is 11.6 Å². The van der Waals surface area contributed by atoms with Gasteiger partial charge in [-0.05, 0) is 57.1 Å². The summed E-state index contributed by atoms with van der Waals surface area (Å²) in [6, 6.07) is 3.80. The Hall–Kier alpha value is -2.77. The molecular formula is C20H27N7O. The van der Waals surface area contributed by atoms with E-state index in [4.69, 9.17) is 0 Å². The molecule has 3 heterocycles. The molecule has 8 heteroatoms. The van der Waals surface area contributed by atoms with Crippen LogP contribution in [0.4, 0.5) is 5.82 Å². The lowest BCUT2D eigenvalue weighted by atomic mass is 9.96. The molecule has 28 heavy (non-hydrogen) atoms. The van der Waals surface area contributed by atoms with E-state index < -0.39 is 0 Å². The maximum absolute atomic E-state index is 12.6. The largest absolute Gasteiger partial charge is 0.355 e. The molecule has 1 saturated heterocycles. The fourth-order valence-corrected chi connectivity index (χ4v) is 3.96. The van der Waals surface area contributed by atoms with Crippen molar-refractivity contribution >= 4 is 11.7 Å². The first kappa shape index (κ1) is 18.6. The quantitative estimate of drug-likeness (QED) is 0.772. The Morgan fingerprint density at radius 2 is 2.07 bits per heavy atom. The number of aromatic nitrogens is 5. The zero-order valence-electron chi connectivity index (χ0n) is 16.1. The van der Waals surface area contributed by atoms with E-state index in [1.54, 1.807) is 11.0 Å². The minimum absolute atomic E-state index is 0.00544. The minimum Gasteiger partial charge on any atom is -0.355 e. The Labute approximate surface area is 165 Å². The molecule has 0 spiro atoms. The third-order valence-electron chi connectivity index (χ3n) is 5.54. The van der Waals surface area contributed by atoms with Gasteiger partial charge in [0.05, 0.1) is 5.92 Å². The van der Waals surface area contributed by atoms with E-state index in [2.05, 4.69) is 36.6 Å². The van der Waals surface area contributed by atoms with Gasteiger partial charge in [-0.15, -0.1) is 10.2 Å². The molecule has 0 bridgehead atoms. The van der Waals surface area contributed by atoms with Crippen LogP contribution in [0.25, 0.3) is 5.82 Å². The van der Waals surface area contributed by atoms with Gasteiger partial charge in [0.2, 0.25) is 5.91 Å². The molecule has 2 aliphatic rings. The van der Waals surface area contributed by atoms with Crippen LogP contribution in [0.1, 0.15) is 44.9 Å². The first-order chi connectivity index (χ1) is 13.8. The average molecular weight is 381 g/mol. The molecule has 0 saturated carbocycles. The smallest absolute Gasteiger partial charge is 0.224 e. The minimum atomic E-state index is 0.00544. The zero-order chi connectivity index (χ0) is 19.2. The van der Waals surface area contributed by atoms with Crippen LogP contribution in [0.2, 0.25) is 0 Å². The van der Waals surface area contributed by atoms with Gasteiger partial charge in [0.1, 0.15) is 12.7 Å². The van der Waals surface area contributed by atoms with Crippen molar-refractivity contribution in [1.82, 2.24) is 30.3 Å². The molecule has 4 rings (SSSR count). The van der Waals surface area contributed by atoms with Crippen LogP contribution in [0, 0.1) is 5.92 Å². The van der Waals surface area contributed by atoms with Gasteiger partial charge in [-0.1, -0.05) is 11.6 Å². The second-order valence-corrected chi connectivity index (χ2v) is 7.52. The molecule has 1 fully saturated rings. The summed E-state index contributed by atoms with van der Waals surface area (Å²) >= 11 is 0. The number of nitrogens with zero attached hydrogens (tertiary/aromatic N) is 6. The number of anilines is 1. The van der Waals surface area contributed by atoms with Crippen LogP contribution in [-0.4, -0.2) is 50.5 Å². The number of hydrogen-bond acceptors (Lipinski definition) is 6. The highest BCUT2D eigenvalue weighted by Gasteiger charge is 2.26. The fraction of sp³-hybridized carbons (Fsp3) is 0.550. The number of allylic oxidation sites excluding steroid dienone is 1. The van der Waals surface area contributed by atoms with Gasteiger partial charge >= 0.3 is 0 Å². The first-order valence-corrected chi connectivity index (χ1v) is 10.2. The lowest BCUT2D eigenvalue weighted by Crippen LogP contribution is -2.43. The second kappa shape index (κ2) is 8.95. The molecule has 0 aromatic carbocycles. The van der Waals surface area contributed by atoms with Crippen molar-refractivity contribution in [2.75, 3.05) is 24.5 Å². The molecule has 1 N–H and O–H groups in total. The Morgan fingerprint density at radius 1 is 1.18 bits per heavy atom. The SMILES string of the molecule is O=C(NCCC1=CCCCC1)[C@@H]1CCCN(c2ccc(-n3cncn3)nn2)C1. The third kappa shape index (κ3) is 4.55. The van der Waals surface area contributed by atoms with Crippen LogP contribution in [0.3, 0.4) is 0 Å². The Balaban J connectivity index is 1.29. The van der Waals surface area contributed by atoms with E-state index in [9.17, 15) is 4.79 Å². The summed E-state index contributed by atoms with van der Waals surface area (Å²) in [6.07, 6.45) is 13.3. The topological polar surface area (TPSA) is 88.8 Å². The highest BCUT2D eigenvalue weighted by molar-refractivity contribution is 5.79. The van der Waals surface area contributed by atoms with Gasteiger partial charge in [0, 0.05) is 19.6 Å². The monoisotopic (exact) mass is 381 g/mol. The van der Waals surface area contributed by atoms with Gasteiger partial charge in [0.25, 0.3) is 0 Å². The first-order valence-electron chi connectivity index (χ1n) is 10.2. The number of carbonyl (C=O) groups is 1. The van der Waals surface area contributed by atoms with Crippen molar-refractivity contribution < 1.29 is 4.79 Å². The summed E-state index contributed by atoms with van der Waals surface area (Å²) in [5.41, 5.74) is 1.50. The van der Waals surface area contributed by atoms with Crippen molar-refractivity contribution in [3.8, 4) is 5.82 Å². The highest BCUT2D eigenvalue weighted by Crippen LogP contribution is 2.22. The summed E-state index contributed by atoms with van der Waals surface area (Å²) in [6.45, 7) is 2.33. The zero-order valence-corrected chi connectivity index (χ0v) is 16.1. The fourth-order valence-electron chi connectivity index (χ4n) is 3.96. The number of rotatable bonds is 6. The number of carbonyl (C=O) groups excluding carboxylic acids is 1. The third-order valence-corrected chi connectivity index (χ3v) is 5.54. The molecule has 2 aromatic heterocycles. The van der Waals surface area contributed by atoms with E-state index in [-0.39, 0.29) is 11.8 Å². The second-order valence-electron chi connectivity index (χ2n) is 7.52. The molecule has 1 amide bonds. The number of piperidine rings is 1. The lowest BCUT2D eigenvalue weighted by molar-refractivity contribution is -0.125. The molecule has 148 valence electrons. The van der Waals surface area contributed by atoms with Crippen molar-refractivity contribution in [1.29, 1.82) is 0 Å². The van der Waals surface area contributed by atoms with Crippen molar-refractivity contribution in [3.05, 3.63) is 36.4 Å². The molecule has 0 radical (unpaired) electrons. The molecule has 0 unspecified atom stereocenters. The van der Waals surface area contributed by atoms with Crippen molar-refractivity contribution in [2.45, 2.75) is 44.9 Å². The van der Waals surface area contributed by atoms with Crippen LogP contribution in [0.15, 0.2) is 36.4 Å². The molecular weight excluding hydrogens is 354 g/mol. The Bertz CT molecular complexity index is 800. The number of nitrogens with one attached hydrogen (secondary N) is 1. The molecule has 2 aromatic rings. The summed E-state index contributed by atoms with van der Waals surface area (Å²) in [7, 11) is 0. The maximum atomic E-state index is 12.6. The van der Waals surface area contributed by atoms with Crippen LogP contribution >= 0.6 is 0 Å². The van der Waals surface area contributed by atoms with Crippen LogP contribution < -0.4 is 10.2 Å². The van der Waals surface area contributed by atoms with Gasteiger partial charge in [-0.2, -0.15) is 5.10 Å². The highest BCUT2D eigenvalue weighted by atomic mass is 16.1. The molecule has 1 aliphatic heterocycles. The normalized spacial score (nSPS) is 19.9. The maximum Gasteiger partial charge on any atom is 0.224 e. The van der Waals surface area contributed by atoms with Gasteiger partial charge in [-0.3, -0.25) is 4.79 Å². The number of amides is 1. The predicted octanol–water partition coefficient (Wildman–Crippen LogP) is 2.28. The summed E-state index contributed by atoms with van der Waals surface area (Å²) < 4.78 is 1.57. The van der Waals surface area contributed by atoms with Crippen LogP contribution in [-0.2, 0) is 4.79 Å². The summed E-state index contributed by atoms with van der Waals surface area (Å²) in [5, 5.41) is 15.8. The van der Waals surface area contributed by atoms with Crippen molar-refractivity contribution in [2.24, 2.45) is 5.92 Å². The van der Waals surface area contributed by atoms with E-state index in [1.807, 2.05) is 12.1 Å². The molecule has 1 aliphatic carbocycles. The number of hydrogen-bond donors (Lipinski definition) is 1. The van der Waals surface area contributed by atoms with Crippen LogP contribution in [0.5, 0.6) is 0 Å². The molecule has 8 nitrogen and oxygen atoms in total. The summed E-state index contributed by atoms with van der Waals surface area (Å²) in [5.74, 6) is 1.59. The Kier molecular flexibility index (Phi) is 5.94. The van der Waals surface area contributed by atoms with Gasteiger partial charge in [-0.25, -0.2) is 9.67 Å². The van der Waals surface area contributed by atoms with Crippen molar-refractivity contribution in [3.63, 3.8) is 0 Å². The standard InChI is InChI=1S/C20H27N7O/c28-20(22-11-10-16-5-2-1-3-6-16)17-7-4-12-26(13-17)18-8-9-19(25-24-18)27-15-21-14-23-27/h5,8-9,14-15,17H,1-4,6-7,10-13H2,(H,22,28)/t17-/m1/s1. The summed E-state index contributed by atoms with van der Waals surface area (Å²) in [4.78, 5) is 18.7. The Morgan fingerprint density at radius 3 is 2.82 bits per heavy atom. The van der Waals surface area contributed by atoms with E-state index in [1.165, 1.54) is 37.6 Å².